The Morgan fingerprint density at radius 3 is 2.49 bits per heavy atom. The Bertz CT molecular complexity index is 1640. The number of amidine groups is 1. The van der Waals surface area contributed by atoms with Crippen LogP contribution in [0.1, 0.15) is 11.3 Å². The van der Waals surface area contributed by atoms with Crippen LogP contribution in [0.5, 0.6) is 5.75 Å². The van der Waals surface area contributed by atoms with Crippen molar-refractivity contribution in [2.75, 3.05) is 32.5 Å². The number of aromatic nitrogens is 4. The number of thiazole rings is 1. The van der Waals surface area contributed by atoms with Crippen LogP contribution in [-0.4, -0.2) is 110 Å². The van der Waals surface area contributed by atoms with Crippen molar-refractivity contribution in [1.29, 1.82) is 0 Å². The van der Waals surface area contributed by atoms with Gasteiger partial charge in [0.2, 0.25) is 6.61 Å². The van der Waals surface area contributed by atoms with Gasteiger partial charge < -0.3 is 37.2 Å². The first-order valence-electron chi connectivity index (χ1n) is 12.6. The van der Waals surface area contributed by atoms with Crippen LogP contribution in [0.25, 0.3) is 0 Å². The predicted octanol–water partition coefficient (Wildman–Crippen LogP) is -2.32. The number of nitrogens with one attached hydrogen (secondary N) is 1. The number of hydrogen-bond donors (Lipinski definition) is 6. The van der Waals surface area contributed by atoms with Crippen molar-refractivity contribution in [2.45, 2.75) is 18.6 Å². The van der Waals surface area contributed by atoms with Crippen molar-refractivity contribution in [3.8, 4) is 5.75 Å². The second kappa shape index (κ2) is 15.5. The van der Waals surface area contributed by atoms with E-state index in [0.29, 0.717) is 18.9 Å². The number of ether oxygens (including phenoxy) is 1. The highest BCUT2D eigenvalue weighted by Crippen LogP contribution is 2.25. The highest BCUT2D eigenvalue weighted by atomic mass is 32.2. The van der Waals surface area contributed by atoms with Gasteiger partial charge >= 0.3 is 16.3 Å². The maximum atomic E-state index is 12.7. The van der Waals surface area contributed by atoms with Gasteiger partial charge in [-0.3, -0.25) is 23.8 Å². The molecule has 20 nitrogen and oxygen atoms in total. The third kappa shape index (κ3) is 9.40. The van der Waals surface area contributed by atoms with E-state index in [1.807, 2.05) is 24.3 Å². The third-order valence-corrected chi connectivity index (χ3v) is 7.29. The van der Waals surface area contributed by atoms with Crippen LogP contribution in [0, 0.1) is 0 Å². The van der Waals surface area contributed by atoms with Crippen LogP contribution in [0.15, 0.2) is 52.4 Å². The number of aliphatic carboxylic acids is 1. The molecule has 2 amide bonds. The van der Waals surface area contributed by atoms with Gasteiger partial charge in [-0.05, 0) is 24.3 Å². The Morgan fingerprint density at radius 1 is 1.24 bits per heavy atom. The SMILES string of the molecule is COc1ccc(C(N)=NCCN)cc1.Nc1nc(/C(=N/OCC(=O)O)C(=O)NC2C(=O)N(S(=O)(=O)O)C2Cn2cncn2)cs1. The van der Waals surface area contributed by atoms with Gasteiger partial charge in [0.1, 0.15) is 36.0 Å². The first-order chi connectivity index (χ1) is 21.3. The van der Waals surface area contributed by atoms with Crippen molar-refractivity contribution in [2.24, 2.45) is 21.6 Å². The number of methoxy groups -OCH3 is 1. The Labute approximate surface area is 259 Å². The fourth-order valence-corrected chi connectivity index (χ4v) is 5.08. The number of nitrogens with two attached hydrogens (primary N) is 3. The number of nitrogens with zero attached hydrogens (tertiary/aromatic N) is 7. The second-order valence-electron chi connectivity index (χ2n) is 8.71. The van der Waals surface area contributed by atoms with Crippen LogP contribution in [0.3, 0.4) is 0 Å². The summed E-state index contributed by atoms with van der Waals surface area (Å²) in [5.74, 6) is -2.16. The number of carboxylic acids is 1. The summed E-state index contributed by atoms with van der Waals surface area (Å²) in [6.07, 6.45) is 2.41. The van der Waals surface area contributed by atoms with E-state index < -0.39 is 52.5 Å². The van der Waals surface area contributed by atoms with Crippen LogP contribution in [0.2, 0.25) is 0 Å². The molecule has 45 heavy (non-hydrogen) atoms. The molecule has 22 heteroatoms. The van der Waals surface area contributed by atoms with Gasteiger partial charge in [0, 0.05) is 17.5 Å². The van der Waals surface area contributed by atoms with Crippen LogP contribution >= 0.6 is 11.3 Å². The maximum absolute atomic E-state index is 12.7. The molecule has 1 aliphatic rings. The molecule has 0 bridgehead atoms. The molecule has 1 fully saturated rings. The van der Waals surface area contributed by atoms with E-state index in [1.165, 1.54) is 22.7 Å². The number of carboxylic acid groups (broad SMARTS) is 1. The quantitative estimate of drug-likeness (QED) is 0.0366. The highest BCUT2D eigenvalue weighted by Gasteiger charge is 2.54. The van der Waals surface area contributed by atoms with Crippen molar-refractivity contribution >= 4 is 56.1 Å². The molecule has 2 unspecified atom stereocenters. The van der Waals surface area contributed by atoms with E-state index >= 15 is 0 Å². The van der Waals surface area contributed by atoms with Crippen LogP contribution < -0.4 is 27.3 Å². The molecule has 1 saturated heterocycles. The van der Waals surface area contributed by atoms with Crippen molar-refractivity contribution in [1.82, 2.24) is 29.4 Å². The van der Waals surface area contributed by atoms with E-state index in [1.54, 1.807) is 7.11 Å². The molecule has 242 valence electrons. The third-order valence-electron chi connectivity index (χ3n) is 5.67. The number of carbonyl (C=O) groups is 3. The second-order valence-corrected chi connectivity index (χ2v) is 10.9. The standard InChI is InChI=1S/C13H14N8O8S2.C10H15N3O/c14-13-17-6(3-30-13)9(19-29-2-8(22)23)11(24)18-10-7(1-20-5-15-4-16-20)21(12(10)25)31(26,27)28;1-14-9-4-2-8(3-5-9)10(12)13-7-6-11/h3-5,7,10H,1-2H2,(H2,14,17)(H,18,24)(H,22,23)(H,26,27,28);2-5H,6-7,11H2,1H3,(H2,12,13)/b19-9-;. The number of nitrogen functional groups attached to an aromatic ring is 1. The molecule has 0 saturated carbocycles. The lowest BCUT2D eigenvalue weighted by atomic mass is 9.98. The van der Waals surface area contributed by atoms with Crippen molar-refractivity contribution < 1.29 is 42.0 Å². The van der Waals surface area contributed by atoms with Gasteiger partial charge in [-0.15, -0.1) is 11.3 Å². The monoisotopic (exact) mass is 667 g/mol. The Kier molecular flexibility index (Phi) is 11.8. The summed E-state index contributed by atoms with van der Waals surface area (Å²) in [5.41, 5.74) is 16.9. The minimum Gasteiger partial charge on any atom is -0.497 e. The lowest BCUT2D eigenvalue weighted by Crippen LogP contribution is -2.73. The number of β-lactam (4-membered cyclic amide) rings is 1. The van der Waals surface area contributed by atoms with E-state index in [-0.39, 0.29) is 21.7 Å². The molecule has 9 N–H and O–H groups in total. The number of oxime groups is 1. The highest BCUT2D eigenvalue weighted by molar-refractivity contribution is 7.84. The minimum atomic E-state index is -4.91. The summed E-state index contributed by atoms with van der Waals surface area (Å²) in [4.78, 5) is 51.9. The number of hydrogen-bond acceptors (Lipinski definition) is 15. The first-order valence-corrected chi connectivity index (χ1v) is 14.8. The lowest BCUT2D eigenvalue weighted by molar-refractivity contribution is -0.145. The summed E-state index contributed by atoms with van der Waals surface area (Å²) in [5, 5.41) is 19.6. The zero-order valence-corrected chi connectivity index (χ0v) is 25.1. The van der Waals surface area contributed by atoms with Crippen LogP contribution in [-0.2, 0) is 36.1 Å². The smallest absolute Gasteiger partial charge is 0.362 e. The average molecular weight is 668 g/mol. The maximum Gasteiger partial charge on any atom is 0.362 e. The van der Waals surface area contributed by atoms with Gasteiger partial charge in [-0.1, -0.05) is 5.16 Å². The molecule has 0 spiro atoms. The summed E-state index contributed by atoms with van der Waals surface area (Å²) >= 11 is 0.964. The van der Waals surface area contributed by atoms with E-state index in [2.05, 4.69) is 35.4 Å². The fraction of sp³-hybridized carbons (Fsp3) is 0.304. The topological polar surface area (TPSA) is 306 Å². The zero-order chi connectivity index (χ0) is 33.1. The number of aliphatic imine (C=N–C) groups is 1. The summed E-state index contributed by atoms with van der Waals surface area (Å²) in [7, 11) is -3.28. The molecule has 1 aliphatic heterocycles. The van der Waals surface area contributed by atoms with Gasteiger partial charge in [-0.25, -0.2) is 19.1 Å². The largest absolute Gasteiger partial charge is 0.497 e. The van der Waals surface area contributed by atoms with Gasteiger partial charge in [-0.2, -0.15) is 13.5 Å². The molecule has 2 atom stereocenters. The number of rotatable bonds is 13. The molecule has 4 rings (SSSR count). The molecular formula is C23H29N11O9S2. The summed E-state index contributed by atoms with van der Waals surface area (Å²) in [6.45, 7) is -0.0128. The number of benzene rings is 1. The van der Waals surface area contributed by atoms with Crippen molar-refractivity contribution in [3.05, 3.63) is 53.6 Å². The zero-order valence-electron chi connectivity index (χ0n) is 23.5. The Hall–Kier alpha value is -5.19. The molecule has 0 aliphatic carbocycles. The number of amides is 2. The fourth-order valence-electron chi connectivity index (χ4n) is 3.66. The molecule has 0 radical (unpaired) electrons. The number of carbonyl (C=O) groups excluding carboxylic acids is 2. The van der Waals surface area contributed by atoms with Gasteiger partial charge in [0.15, 0.2) is 10.8 Å². The average Bonchev–Trinajstić information content (AvgIpc) is 3.67. The van der Waals surface area contributed by atoms with E-state index in [4.69, 9.17) is 27.0 Å². The minimum absolute atomic E-state index is 0.0587. The number of anilines is 1. The molecule has 3 heterocycles. The van der Waals surface area contributed by atoms with Gasteiger partial charge in [0.05, 0.1) is 26.2 Å². The lowest BCUT2D eigenvalue weighted by Gasteiger charge is -2.43. The predicted molar refractivity (Wildman–Crippen MR) is 158 cm³/mol. The van der Waals surface area contributed by atoms with E-state index in [9.17, 15) is 27.4 Å². The Morgan fingerprint density at radius 2 is 1.96 bits per heavy atom. The normalized spacial score (nSPS) is 16.7. The van der Waals surface area contributed by atoms with Crippen molar-refractivity contribution in [3.63, 3.8) is 0 Å². The Balaban J connectivity index is 0.000000330. The summed E-state index contributed by atoms with van der Waals surface area (Å²) in [6, 6.07) is 4.82. The molecular weight excluding hydrogens is 638 g/mol. The summed E-state index contributed by atoms with van der Waals surface area (Å²) < 4.78 is 38.8. The van der Waals surface area contributed by atoms with E-state index in [0.717, 1.165) is 22.6 Å². The molecule has 1 aromatic carbocycles. The molecule has 2 aromatic heterocycles. The molecule has 3 aromatic rings. The van der Waals surface area contributed by atoms with Crippen LogP contribution in [0.4, 0.5) is 5.13 Å². The first kappa shape index (κ1) is 34.3. The van der Waals surface area contributed by atoms with Gasteiger partial charge in [0.25, 0.3) is 11.8 Å².